The predicted octanol–water partition coefficient (Wildman–Crippen LogP) is 3.62. The second-order valence-electron chi connectivity index (χ2n) is 4.39. The third-order valence-electron chi connectivity index (χ3n) is 3.00. The summed E-state index contributed by atoms with van der Waals surface area (Å²) in [5.74, 6) is 0.678. The molecule has 0 amide bonds. The number of halogens is 1. The van der Waals surface area contributed by atoms with E-state index in [4.69, 9.17) is 4.74 Å². The SMILES string of the molecule is C=C(Br)COc1ccc2cc(C)n(CC)c(=O)c2c1. The Morgan fingerprint density at radius 1 is 1.42 bits per heavy atom. The molecule has 0 bridgehead atoms. The molecule has 0 saturated carbocycles. The molecule has 0 N–H and O–H groups in total. The van der Waals surface area contributed by atoms with Crippen molar-refractivity contribution < 1.29 is 4.74 Å². The Morgan fingerprint density at radius 2 is 2.16 bits per heavy atom. The Balaban J connectivity index is 2.52. The fourth-order valence-corrected chi connectivity index (χ4v) is 2.21. The maximum absolute atomic E-state index is 12.4. The Bertz CT molecular complexity index is 688. The number of benzene rings is 1. The van der Waals surface area contributed by atoms with Crippen molar-refractivity contribution in [1.82, 2.24) is 4.57 Å². The van der Waals surface area contributed by atoms with Crippen LogP contribution < -0.4 is 10.3 Å². The van der Waals surface area contributed by atoms with Crippen molar-refractivity contribution in [3.8, 4) is 5.75 Å². The zero-order valence-electron chi connectivity index (χ0n) is 11.1. The van der Waals surface area contributed by atoms with Crippen molar-refractivity contribution in [2.45, 2.75) is 20.4 Å². The molecule has 0 unspecified atom stereocenters. The van der Waals surface area contributed by atoms with Crippen LogP contribution in [0, 0.1) is 6.92 Å². The molecule has 0 aliphatic heterocycles. The molecule has 3 nitrogen and oxygen atoms in total. The molecule has 0 saturated heterocycles. The summed E-state index contributed by atoms with van der Waals surface area (Å²) in [6.07, 6.45) is 0. The fourth-order valence-electron chi connectivity index (χ4n) is 2.10. The molecular formula is C15H16BrNO2. The number of hydrogen-bond donors (Lipinski definition) is 0. The molecule has 0 atom stereocenters. The summed E-state index contributed by atoms with van der Waals surface area (Å²) in [6, 6.07) is 7.59. The monoisotopic (exact) mass is 321 g/mol. The van der Waals surface area contributed by atoms with E-state index in [0.717, 1.165) is 15.6 Å². The molecule has 100 valence electrons. The summed E-state index contributed by atoms with van der Waals surface area (Å²) in [4.78, 5) is 12.4. The van der Waals surface area contributed by atoms with Gasteiger partial charge in [-0.25, -0.2) is 0 Å². The number of nitrogens with zero attached hydrogens (tertiary/aromatic N) is 1. The number of ether oxygens (including phenoxy) is 1. The Labute approximate surface area is 120 Å². The second-order valence-corrected chi connectivity index (χ2v) is 5.51. The van der Waals surface area contributed by atoms with Gasteiger partial charge in [0.1, 0.15) is 12.4 Å². The average molecular weight is 322 g/mol. The van der Waals surface area contributed by atoms with E-state index < -0.39 is 0 Å². The van der Waals surface area contributed by atoms with E-state index in [-0.39, 0.29) is 5.56 Å². The van der Waals surface area contributed by atoms with Crippen molar-refractivity contribution >= 4 is 26.7 Å². The molecule has 2 aromatic rings. The molecule has 2 rings (SSSR count). The number of rotatable bonds is 4. The van der Waals surface area contributed by atoms with Crippen LogP contribution in [-0.4, -0.2) is 11.2 Å². The molecule has 0 spiro atoms. The molecule has 0 aliphatic carbocycles. The third kappa shape index (κ3) is 2.89. The van der Waals surface area contributed by atoms with Crippen LogP contribution in [-0.2, 0) is 6.54 Å². The first-order chi connectivity index (χ1) is 9.02. The normalized spacial score (nSPS) is 10.7. The lowest BCUT2D eigenvalue weighted by atomic mass is 10.1. The minimum Gasteiger partial charge on any atom is -0.488 e. The van der Waals surface area contributed by atoms with Crippen molar-refractivity contribution in [3.63, 3.8) is 0 Å². The Hall–Kier alpha value is -1.55. The number of aromatic nitrogens is 1. The van der Waals surface area contributed by atoms with Crippen LogP contribution in [0.3, 0.4) is 0 Å². The molecular weight excluding hydrogens is 306 g/mol. The largest absolute Gasteiger partial charge is 0.488 e. The smallest absolute Gasteiger partial charge is 0.258 e. The van der Waals surface area contributed by atoms with E-state index in [9.17, 15) is 4.79 Å². The maximum Gasteiger partial charge on any atom is 0.258 e. The highest BCUT2D eigenvalue weighted by molar-refractivity contribution is 9.11. The highest BCUT2D eigenvalue weighted by Gasteiger charge is 2.06. The lowest BCUT2D eigenvalue weighted by Crippen LogP contribution is -2.21. The van der Waals surface area contributed by atoms with Crippen LogP contribution in [0.2, 0.25) is 0 Å². The minimum atomic E-state index is 0.0284. The molecule has 19 heavy (non-hydrogen) atoms. The number of pyridine rings is 1. The van der Waals surface area contributed by atoms with Crippen molar-refractivity contribution in [2.75, 3.05) is 6.61 Å². The standard InChI is InChI=1S/C15H16BrNO2/c1-4-17-11(3)7-12-5-6-13(19-9-10(2)16)8-14(12)15(17)18/h5-8H,2,4,9H2,1,3H3. The van der Waals surface area contributed by atoms with Gasteiger partial charge in [0.15, 0.2) is 0 Å². The molecule has 1 heterocycles. The first kappa shape index (κ1) is 13.9. The van der Waals surface area contributed by atoms with E-state index in [0.29, 0.717) is 24.3 Å². The summed E-state index contributed by atoms with van der Waals surface area (Å²) in [6.45, 7) is 8.69. The van der Waals surface area contributed by atoms with Gasteiger partial charge in [-0.2, -0.15) is 0 Å². The van der Waals surface area contributed by atoms with Gasteiger partial charge in [0.2, 0.25) is 0 Å². The van der Waals surface area contributed by atoms with Crippen molar-refractivity contribution in [3.05, 3.63) is 51.4 Å². The Kier molecular flexibility index (Phi) is 4.10. The maximum atomic E-state index is 12.4. The second kappa shape index (κ2) is 5.61. The first-order valence-electron chi connectivity index (χ1n) is 6.13. The third-order valence-corrected chi connectivity index (χ3v) is 3.23. The van der Waals surface area contributed by atoms with Crippen LogP contribution in [0.5, 0.6) is 5.75 Å². The minimum absolute atomic E-state index is 0.0284. The molecule has 4 heteroatoms. The summed E-state index contributed by atoms with van der Waals surface area (Å²) in [5.41, 5.74) is 1.00. The van der Waals surface area contributed by atoms with Gasteiger partial charge < -0.3 is 9.30 Å². The first-order valence-corrected chi connectivity index (χ1v) is 6.92. The highest BCUT2D eigenvalue weighted by Crippen LogP contribution is 2.20. The van der Waals surface area contributed by atoms with Gasteiger partial charge in [-0.1, -0.05) is 28.6 Å². The summed E-state index contributed by atoms with van der Waals surface area (Å²) in [7, 11) is 0. The van der Waals surface area contributed by atoms with Gasteiger partial charge in [0.25, 0.3) is 5.56 Å². The topological polar surface area (TPSA) is 31.2 Å². The van der Waals surface area contributed by atoms with Crippen molar-refractivity contribution in [2.24, 2.45) is 0 Å². The van der Waals surface area contributed by atoms with Gasteiger partial charge in [-0.3, -0.25) is 4.79 Å². The van der Waals surface area contributed by atoms with Crippen LogP contribution >= 0.6 is 15.9 Å². The molecule has 0 radical (unpaired) electrons. The van der Waals surface area contributed by atoms with Gasteiger partial charge in [0, 0.05) is 16.7 Å². The predicted molar refractivity (Wildman–Crippen MR) is 82.2 cm³/mol. The van der Waals surface area contributed by atoms with Crippen LogP contribution in [0.4, 0.5) is 0 Å². The van der Waals surface area contributed by atoms with Crippen LogP contribution in [0.15, 0.2) is 40.1 Å². The summed E-state index contributed by atoms with van der Waals surface area (Å²) < 4.78 is 8.07. The fraction of sp³-hybridized carbons (Fsp3) is 0.267. The molecule has 1 aromatic carbocycles. The van der Waals surface area contributed by atoms with Gasteiger partial charge in [-0.05, 0) is 37.4 Å². The lowest BCUT2D eigenvalue weighted by molar-refractivity contribution is 0.361. The zero-order valence-corrected chi connectivity index (χ0v) is 12.7. The quantitative estimate of drug-likeness (QED) is 0.861. The van der Waals surface area contributed by atoms with Gasteiger partial charge in [-0.15, -0.1) is 0 Å². The van der Waals surface area contributed by atoms with E-state index in [1.54, 1.807) is 10.6 Å². The van der Waals surface area contributed by atoms with E-state index in [1.807, 2.05) is 32.0 Å². The van der Waals surface area contributed by atoms with Gasteiger partial charge >= 0.3 is 0 Å². The van der Waals surface area contributed by atoms with E-state index in [1.165, 1.54) is 0 Å². The van der Waals surface area contributed by atoms with E-state index >= 15 is 0 Å². The Morgan fingerprint density at radius 3 is 2.79 bits per heavy atom. The lowest BCUT2D eigenvalue weighted by Gasteiger charge is -2.10. The molecule has 0 fully saturated rings. The average Bonchev–Trinajstić information content (AvgIpc) is 2.37. The zero-order chi connectivity index (χ0) is 14.0. The van der Waals surface area contributed by atoms with Gasteiger partial charge in [0.05, 0.1) is 5.39 Å². The number of hydrogen-bond acceptors (Lipinski definition) is 2. The van der Waals surface area contributed by atoms with Crippen LogP contribution in [0.1, 0.15) is 12.6 Å². The molecule has 0 aliphatic rings. The number of fused-ring (bicyclic) bond motifs is 1. The molecule has 1 aromatic heterocycles. The highest BCUT2D eigenvalue weighted by atomic mass is 79.9. The summed E-state index contributed by atoms with van der Waals surface area (Å²) in [5, 5.41) is 1.63. The number of aryl methyl sites for hydroxylation is 1. The van der Waals surface area contributed by atoms with Crippen LogP contribution in [0.25, 0.3) is 10.8 Å². The van der Waals surface area contributed by atoms with E-state index in [2.05, 4.69) is 22.5 Å². The van der Waals surface area contributed by atoms with Crippen molar-refractivity contribution in [1.29, 1.82) is 0 Å². The summed E-state index contributed by atoms with van der Waals surface area (Å²) >= 11 is 3.24.